The lowest BCUT2D eigenvalue weighted by Crippen LogP contribution is -2.18. The highest BCUT2D eigenvalue weighted by atomic mass is 31.2. The van der Waals surface area contributed by atoms with E-state index in [4.69, 9.17) is 7.85 Å². The molecule has 1 aromatic heterocycles. The van der Waals surface area contributed by atoms with Crippen LogP contribution in [0.3, 0.4) is 0 Å². The van der Waals surface area contributed by atoms with Gasteiger partial charge in [-0.15, -0.1) is 0 Å². The van der Waals surface area contributed by atoms with Crippen LogP contribution in [0.5, 0.6) is 0 Å². The second kappa shape index (κ2) is 2.78. The molecule has 0 bridgehead atoms. The maximum absolute atomic E-state index is 11.4. The molecule has 2 radical (unpaired) electrons. The topological polar surface area (TPSA) is 42.9 Å². The van der Waals surface area contributed by atoms with Crippen molar-refractivity contribution in [3.8, 4) is 0 Å². The van der Waals surface area contributed by atoms with Crippen molar-refractivity contribution < 1.29 is 4.57 Å². The van der Waals surface area contributed by atoms with Gasteiger partial charge in [0.2, 0.25) is 0 Å². The zero-order valence-electron chi connectivity index (χ0n) is 6.48. The zero-order valence-corrected chi connectivity index (χ0v) is 7.38. The van der Waals surface area contributed by atoms with E-state index in [0.29, 0.717) is 11.0 Å². The molecule has 1 aromatic rings. The molecule has 0 atom stereocenters. The highest BCUT2D eigenvalue weighted by Gasteiger charge is 2.12. The van der Waals surface area contributed by atoms with E-state index in [1.165, 1.54) is 12.4 Å². The molecule has 1 heterocycles. The van der Waals surface area contributed by atoms with Gasteiger partial charge in [0.1, 0.15) is 15.0 Å². The summed E-state index contributed by atoms with van der Waals surface area (Å²) in [5.41, 5.74) is 0.869. The molecule has 1 rings (SSSR count). The lowest BCUT2D eigenvalue weighted by molar-refractivity contribution is 0.587. The summed E-state index contributed by atoms with van der Waals surface area (Å²) in [5, 5.41) is 0. The van der Waals surface area contributed by atoms with Crippen molar-refractivity contribution in [1.82, 2.24) is 9.97 Å². The zero-order chi connectivity index (χ0) is 8.48. The van der Waals surface area contributed by atoms with Gasteiger partial charge < -0.3 is 4.57 Å². The van der Waals surface area contributed by atoms with Gasteiger partial charge in [-0.3, -0.25) is 0 Å². The first kappa shape index (κ1) is 8.47. The molecule has 11 heavy (non-hydrogen) atoms. The van der Waals surface area contributed by atoms with Gasteiger partial charge in [0.25, 0.3) is 0 Å². The van der Waals surface area contributed by atoms with Crippen LogP contribution >= 0.6 is 7.14 Å². The molecular weight excluding hydrogens is 158 g/mol. The van der Waals surface area contributed by atoms with E-state index in [-0.39, 0.29) is 0 Å². The van der Waals surface area contributed by atoms with Gasteiger partial charge in [0.05, 0.1) is 0 Å². The van der Waals surface area contributed by atoms with Gasteiger partial charge in [-0.05, 0) is 13.3 Å². The maximum Gasteiger partial charge on any atom is 0.188 e. The van der Waals surface area contributed by atoms with Crippen molar-refractivity contribution in [2.45, 2.75) is 0 Å². The molecule has 0 fully saturated rings. The van der Waals surface area contributed by atoms with E-state index in [1.807, 2.05) is 0 Å². The third-order valence-corrected chi connectivity index (χ3v) is 2.33. The molecule has 0 aromatic carbocycles. The standard InChI is InChI=1S/C6H8BN2OP/c1-11(2,10)6-8-3-5(7)4-9-6/h3-4H,1-2H3. The Morgan fingerprint density at radius 1 is 1.36 bits per heavy atom. The summed E-state index contributed by atoms with van der Waals surface area (Å²) in [4.78, 5) is 7.70. The Morgan fingerprint density at radius 3 is 2.18 bits per heavy atom. The van der Waals surface area contributed by atoms with Crippen molar-refractivity contribution in [3.63, 3.8) is 0 Å². The van der Waals surface area contributed by atoms with Crippen LogP contribution in [0.25, 0.3) is 0 Å². The molecule has 3 nitrogen and oxygen atoms in total. The van der Waals surface area contributed by atoms with Crippen molar-refractivity contribution >= 4 is 26.0 Å². The molecular formula is C6H8BN2OP. The molecule has 5 heteroatoms. The van der Waals surface area contributed by atoms with Crippen LogP contribution in [0, 0.1) is 0 Å². The number of hydrogen-bond donors (Lipinski definition) is 0. The van der Waals surface area contributed by atoms with Crippen LogP contribution < -0.4 is 11.0 Å². The fourth-order valence-electron chi connectivity index (χ4n) is 0.609. The van der Waals surface area contributed by atoms with E-state index in [2.05, 4.69) is 9.97 Å². The number of rotatable bonds is 1. The molecule has 56 valence electrons. The highest BCUT2D eigenvalue weighted by Crippen LogP contribution is 2.31. The SMILES string of the molecule is [B]c1cnc(P(C)(C)=O)nc1. The highest BCUT2D eigenvalue weighted by molar-refractivity contribution is 7.69. The molecule has 0 unspecified atom stereocenters. The lowest BCUT2D eigenvalue weighted by Gasteiger charge is -2.03. The maximum atomic E-state index is 11.4. The van der Waals surface area contributed by atoms with Gasteiger partial charge >= 0.3 is 0 Å². The summed E-state index contributed by atoms with van der Waals surface area (Å²) in [5.74, 6) is 0. The van der Waals surface area contributed by atoms with Gasteiger partial charge in [-0.1, -0.05) is 5.46 Å². The summed E-state index contributed by atoms with van der Waals surface area (Å²) in [6, 6.07) is 0. The van der Waals surface area contributed by atoms with Gasteiger partial charge in [-0.2, -0.15) is 0 Å². The number of nitrogens with zero attached hydrogens (tertiary/aromatic N) is 2. The minimum Gasteiger partial charge on any atom is -0.316 e. The largest absolute Gasteiger partial charge is 0.316 e. The van der Waals surface area contributed by atoms with Crippen LogP contribution in [0.2, 0.25) is 0 Å². The molecule has 0 saturated carbocycles. The summed E-state index contributed by atoms with van der Waals surface area (Å²) < 4.78 is 11.4. The first-order valence-corrected chi connectivity index (χ1v) is 5.73. The quantitative estimate of drug-likeness (QED) is 0.417. The lowest BCUT2D eigenvalue weighted by atomic mass is 10.0. The van der Waals surface area contributed by atoms with Crippen molar-refractivity contribution in [2.24, 2.45) is 0 Å². The number of hydrogen-bond acceptors (Lipinski definition) is 3. The Morgan fingerprint density at radius 2 is 1.82 bits per heavy atom. The van der Waals surface area contributed by atoms with Crippen molar-refractivity contribution in [2.75, 3.05) is 13.3 Å². The smallest absolute Gasteiger partial charge is 0.188 e. The first-order valence-electron chi connectivity index (χ1n) is 3.13. The van der Waals surface area contributed by atoms with Crippen molar-refractivity contribution in [3.05, 3.63) is 12.4 Å². The van der Waals surface area contributed by atoms with Gasteiger partial charge in [-0.25, -0.2) is 9.97 Å². The van der Waals surface area contributed by atoms with Crippen molar-refractivity contribution in [1.29, 1.82) is 0 Å². The predicted molar refractivity (Wildman–Crippen MR) is 46.5 cm³/mol. The van der Waals surface area contributed by atoms with E-state index in [1.54, 1.807) is 13.3 Å². The predicted octanol–water partition coefficient (Wildman–Crippen LogP) is -0.482. The van der Waals surface area contributed by atoms with Gasteiger partial charge in [0.15, 0.2) is 5.57 Å². The molecule has 0 amide bonds. The van der Waals surface area contributed by atoms with Crippen LogP contribution in [-0.4, -0.2) is 31.1 Å². The average Bonchev–Trinajstić information content (AvgIpc) is 1.86. The van der Waals surface area contributed by atoms with Crippen LogP contribution in [0.4, 0.5) is 0 Å². The Kier molecular flexibility index (Phi) is 2.14. The second-order valence-electron chi connectivity index (χ2n) is 2.67. The summed E-state index contributed by atoms with van der Waals surface area (Å²) >= 11 is 0. The van der Waals surface area contributed by atoms with E-state index < -0.39 is 7.14 Å². The third kappa shape index (κ3) is 2.16. The average molecular weight is 166 g/mol. The monoisotopic (exact) mass is 166 g/mol. The third-order valence-electron chi connectivity index (χ3n) is 1.14. The molecule has 0 aliphatic heterocycles. The fourth-order valence-corrected chi connectivity index (χ4v) is 1.28. The normalized spacial score (nSPS) is 11.5. The molecule has 0 spiro atoms. The molecule has 0 N–H and O–H groups in total. The van der Waals surface area contributed by atoms with E-state index in [9.17, 15) is 4.57 Å². The number of aromatic nitrogens is 2. The first-order chi connectivity index (χ1) is 5.00. The minimum atomic E-state index is -2.32. The van der Waals surface area contributed by atoms with Crippen LogP contribution in [-0.2, 0) is 4.57 Å². The molecule has 0 aliphatic rings. The van der Waals surface area contributed by atoms with E-state index >= 15 is 0 Å². The van der Waals surface area contributed by atoms with E-state index in [0.717, 1.165) is 0 Å². The fraction of sp³-hybridized carbons (Fsp3) is 0.333. The second-order valence-corrected chi connectivity index (χ2v) is 5.77. The summed E-state index contributed by atoms with van der Waals surface area (Å²) in [6.07, 6.45) is 2.92. The summed E-state index contributed by atoms with van der Waals surface area (Å²) in [6.45, 7) is 3.25. The minimum absolute atomic E-state index is 0.381. The van der Waals surface area contributed by atoms with Crippen LogP contribution in [0.15, 0.2) is 12.4 Å². The Bertz CT molecular complexity index is 292. The Labute approximate surface area is 67.0 Å². The molecule has 0 saturated heterocycles. The van der Waals surface area contributed by atoms with Gasteiger partial charge in [0, 0.05) is 12.4 Å². The Hall–Kier alpha value is -0.625. The van der Waals surface area contributed by atoms with Crippen LogP contribution in [0.1, 0.15) is 0 Å². The molecule has 0 aliphatic carbocycles. The Balaban J connectivity index is 3.09. The summed E-state index contributed by atoms with van der Waals surface area (Å²) in [7, 11) is 3.04.